The molecule has 2 aromatic carbocycles. The number of alkyl halides is 4. The molecule has 8 heteroatoms. The van der Waals surface area contributed by atoms with Gasteiger partial charge in [-0.05, 0) is 36.2 Å². The highest BCUT2D eigenvalue weighted by Crippen LogP contribution is 2.33. The molecule has 0 aliphatic heterocycles. The summed E-state index contributed by atoms with van der Waals surface area (Å²) in [5, 5.41) is 0. The first-order valence-electron chi connectivity index (χ1n) is 6.22. The molecule has 0 fully saturated rings. The first kappa shape index (κ1) is 17.1. The van der Waals surface area contributed by atoms with E-state index in [1.54, 1.807) is 6.92 Å². The van der Waals surface area contributed by atoms with Crippen molar-refractivity contribution in [3.63, 3.8) is 0 Å². The topological polar surface area (TPSA) is 9.23 Å². The highest BCUT2D eigenvalue weighted by Gasteiger charge is 2.43. The Kier molecular flexibility index (Phi) is 4.53. The van der Waals surface area contributed by atoms with Crippen molar-refractivity contribution in [3.05, 3.63) is 53.3 Å². The average Bonchev–Trinajstić information content (AvgIpc) is 2.41. The maximum absolute atomic E-state index is 13.8. The summed E-state index contributed by atoms with van der Waals surface area (Å²) < 4.78 is 93.8. The van der Waals surface area contributed by atoms with Crippen LogP contribution in [0.3, 0.4) is 0 Å². The van der Waals surface area contributed by atoms with Crippen molar-refractivity contribution in [1.82, 2.24) is 0 Å². The third-order valence-corrected chi connectivity index (χ3v) is 2.91. The molecule has 124 valence electrons. The zero-order chi connectivity index (χ0) is 17.4. The zero-order valence-electron chi connectivity index (χ0n) is 11.5. The molecule has 0 spiro atoms. The number of rotatable bonds is 3. The molecule has 0 saturated carbocycles. The Labute approximate surface area is 126 Å². The summed E-state index contributed by atoms with van der Waals surface area (Å²) in [5.41, 5.74) is 0.150. The molecule has 0 N–H and O–H groups in total. The monoisotopic (exact) mass is 338 g/mol. The van der Waals surface area contributed by atoms with Gasteiger partial charge in [0.05, 0.1) is 0 Å². The first-order valence-corrected chi connectivity index (χ1v) is 6.22. The van der Waals surface area contributed by atoms with Crippen molar-refractivity contribution in [1.29, 1.82) is 0 Å². The molecule has 2 aromatic rings. The van der Waals surface area contributed by atoms with Gasteiger partial charge < -0.3 is 4.74 Å². The fourth-order valence-corrected chi connectivity index (χ4v) is 1.85. The minimum absolute atomic E-state index is 0.160. The van der Waals surface area contributed by atoms with E-state index in [1.807, 2.05) is 0 Å². The summed E-state index contributed by atoms with van der Waals surface area (Å²) in [6.45, 7) is 1.60. The SMILES string of the molecule is Cc1ccc(-c2cc(F)c(OC(F)C(F)(F)F)c(F)c2)c(F)c1. The number of ether oxygens (including phenoxy) is 1. The minimum Gasteiger partial charge on any atom is -0.446 e. The van der Waals surface area contributed by atoms with Gasteiger partial charge in [0.15, 0.2) is 17.4 Å². The average molecular weight is 338 g/mol. The van der Waals surface area contributed by atoms with E-state index in [-0.39, 0.29) is 11.1 Å². The smallest absolute Gasteiger partial charge is 0.446 e. The Morgan fingerprint density at radius 3 is 1.96 bits per heavy atom. The van der Waals surface area contributed by atoms with Gasteiger partial charge in [0.2, 0.25) is 0 Å². The van der Waals surface area contributed by atoms with E-state index in [0.717, 1.165) is 6.07 Å². The lowest BCUT2D eigenvalue weighted by Gasteiger charge is -2.16. The van der Waals surface area contributed by atoms with E-state index < -0.39 is 35.7 Å². The van der Waals surface area contributed by atoms with E-state index in [2.05, 4.69) is 4.74 Å². The molecule has 1 nitrogen and oxygen atoms in total. The fourth-order valence-electron chi connectivity index (χ4n) is 1.85. The second kappa shape index (κ2) is 6.10. The van der Waals surface area contributed by atoms with Crippen LogP contribution < -0.4 is 4.74 Å². The van der Waals surface area contributed by atoms with Gasteiger partial charge in [-0.2, -0.15) is 17.6 Å². The van der Waals surface area contributed by atoms with Gasteiger partial charge in [-0.1, -0.05) is 12.1 Å². The number of aryl methyl sites for hydroxylation is 1. The second-order valence-electron chi connectivity index (χ2n) is 4.73. The lowest BCUT2D eigenvalue weighted by atomic mass is 10.0. The van der Waals surface area contributed by atoms with Crippen molar-refractivity contribution >= 4 is 0 Å². The molecule has 0 heterocycles. The molecule has 2 rings (SSSR count). The number of halogens is 7. The highest BCUT2D eigenvalue weighted by atomic mass is 19.4. The maximum Gasteiger partial charge on any atom is 0.457 e. The lowest BCUT2D eigenvalue weighted by molar-refractivity contribution is -0.237. The Balaban J connectivity index is 2.41. The quantitative estimate of drug-likeness (QED) is 0.689. The largest absolute Gasteiger partial charge is 0.457 e. The van der Waals surface area contributed by atoms with Crippen LogP contribution in [0, 0.1) is 24.4 Å². The van der Waals surface area contributed by atoms with Crippen molar-refractivity contribution in [2.24, 2.45) is 0 Å². The predicted octanol–water partition coefficient (Wildman–Crippen LogP) is 5.32. The van der Waals surface area contributed by atoms with Crippen LogP contribution in [0.4, 0.5) is 30.7 Å². The van der Waals surface area contributed by atoms with Crippen LogP contribution in [-0.4, -0.2) is 12.5 Å². The van der Waals surface area contributed by atoms with Crippen molar-refractivity contribution in [3.8, 4) is 16.9 Å². The Bertz CT molecular complexity index is 701. The summed E-state index contributed by atoms with van der Waals surface area (Å²) in [7, 11) is 0. The van der Waals surface area contributed by atoms with Crippen molar-refractivity contribution in [2.45, 2.75) is 19.5 Å². The molecule has 0 aromatic heterocycles. The molecule has 1 atom stereocenters. The van der Waals surface area contributed by atoms with Gasteiger partial charge in [-0.25, -0.2) is 13.2 Å². The van der Waals surface area contributed by atoms with Crippen LogP contribution in [0.25, 0.3) is 11.1 Å². The standard InChI is InChI=1S/C15H9F7O/c1-7-2-3-9(10(16)4-7)8-5-11(17)13(12(18)6-8)23-14(19)15(20,21)22/h2-6,14H,1H3. The van der Waals surface area contributed by atoms with Gasteiger partial charge in [-0.15, -0.1) is 0 Å². The molecule has 0 bridgehead atoms. The lowest BCUT2D eigenvalue weighted by Crippen LogP contribution is -2.30. The van der Waals surface area contributed by atoms with Gasteiger partial charge in [0.25, 0.3) is 0 Å². The second-order valence-corrected chi connectivity index (χ2v) is 4.73. The van der Waals surface area contributed by atoms with Crippen LogP contribution >= 0.6 is 0 Å². The highest BCUT2D eigenvalue weighted by molar-refractivity contribution is 5.65. The minimum atomic E-state index is -5.43. The molecule has 0 saturated heterocycles. The van der Waals surface area contributed by atoms with E-state index in [4.69, 9.17) is 0 Å². The third kappa shape index (κ3) is 3.75. The summed E-state index contributed by atoms with van der Waals surface area (Å²) >= 11 is 0. The van der Waals surface area contributed by atoms with E-state index in [0.29, 0.717) is 17.7 Å². The summed E-state index contributed by atoms with van der Waals surface area (Å²) in [5.74, 6) is -5.44. The van der Waals surface area contributed by atoms with Crippen LogP contribution in [-0.2, 0) is 0 Å². The van der Waals surface area contributed by atoms with Crippen LogP contribution in [0.2, 0.25) is 0 Å². The van der Waals surface area contributed by atoms with Gasteiger partial charge in [-0.3, -0.25) is 0 Å². The molecule has 0 radical (unpaired) electrons. The Hall–Kier alpha value is -2.25. The molecule has 0 aliphatic carbocycles. The fraction of sp³-hybridized carbons (Fsp3) is 0.200. The van der Waals surface area contributed by atoms with Crippen molar-refractivity contribution < 1.29 is 35.5 Å². The van der Waals surface area contributed by atoms with Gasteiger partial charge in [0.1, 0.15) is 5.82 Å². The van der Waals surface area contributed by atoms with Gasteiger partial charge in [0, 0.05) is 5.56 Å². The number of hydrogen-bond donors (Lipinski definition) is 0. The Morgan fingerprint density at radius 1 is 0.913 bits per heavy atom. The molecule has 0 aliphatic rings. The van der Waals surface area contributed by atoms with Crippen LogP contribution in [0.5, 0.6) is 5.75 Å². The molecular weight excluding hydrogens is 329 g/mol. The number of benzene rings is 2. The van der Waals surface area contributed by atoms with E-state index >= 15 is 0 Å². The van der Waals surface area contributed by atoms with Crippen LogP contribution in [0.15, 0.2) is 30.3 Å². The summed E-state index contributed by atoms with van der Waals surface area (Å²) in [6, 6.07) is 4.99. The summed E-state index contributed by atoms with van der Waals surface area (Å²) in [4.78, 5) is 0. The normalized spacial score (nSPS) is 13.0. The van der Waals surface area contributed by atoms with E-state index in [9.17, 15) is 30.7 Å². The summed E-state index contributed by atoms with van der Waals surface area (Å²) in [6.07, 6.45) is -9.31. The zero-order valence-corrected chi connectivity index (χ0v) is 11.5. The van der Waals surface area contributed by atoms with Crippen LogP contribution in [0.1, 0.15) is 5.56 Å². The molecular formula is C15H9F7O. The predicted molar refractivity (Wildman–Crippen MR) is 68.1 cm³/mol. The van der Waals surface area contributed by atoms with Crippen molar-refractivity contribution in [2.75, 3.05) is 0 Å². The van der Waals surface area contributed by atoms with Gasteiger partial charge >= 0.3 is 12.5 Å². The number of hydrogen-bond acceptors (Lipinski definition) is 1. The molecule has 1 unspecified atom stereocenters. The van der Waals surface area contributed by atoms with E-state index in [1.165, 1.54) is 12.1 Å². The first-order chi connectivity index (χ1) is 10.6. The molecule has 0 amide bonds. The molecule has 23 heavy (non-hydrogen) atoms. The maximum atomic E-state index is 13.8. The third-order valence-electron chi connectivity index (χ3n) is 2.91. The Morgan fingerprint density at radius 2 is 1.48 bits per heavy atom.